The highest BCUT2D eigenvalue weighted by molar-refractivity contribution is 7.47. The Kier molecular flexibility index (Phi) is 7.77. The van der Waals surface area contributed by atoms with Crippen LogP contribution >= 0.6 is 15.6 Å². The van der Waals surface area contributed by atoms with Gasteiger partial charge in [0.25, 0.3) is 5.56 Å². The Balaban J connectivity index is 1.24. The normalized spacial score (nSPS) is 38.2. The summed E-state index contributed by atoms with van der Waals surface area (Å²) in [6, 6.07) is -0.876. The van der Waals surface area contributed by atoms with E-state index in [-0.39, 0.29) is 40.5 Å². The highest BCUT2D eigenvalue weighted by Gasteiger charge is 2.57. The number of imidazole rings is 2. The molecule has 2 unspecified atom stereocenters. The Morgan fingerprint density at radius 3 is 2.53 bits per heavy atom. The number of H-pyrrole nitrogens is 1. The Labute approximate surface area is 263 Å². The maximum atomic E-state index is 13.6. The quantitative estimate of drug-likeness (QED) is 0.145. The number of nitrogen functional groups attached to an aromatic ring is 2. The zero-order valence-corrected chi connectivity index (χ0v) is 26.4. The first-order valence-corrected chi connectivity index (χ1v) is 17.0. The van der Waals surface area contributed by atoms with Crippen LogP contribution in [0.5, 0.6) is 0 Å². The predicted molar refractivity (Wildman–Crippen MR) is 156 cm³/mol. The molecule has 0 amide bonds. The molecule has 3 fully saturated rings. The van der Waals surface area contributed by atoms with Crippen molar-refractivity contribution >= 4 is 49.7 Å². The number of phosphoric acid groups is 2. The van der Waals surface area contributed by atoms with Crippen molar-refractivity contribution in [1.29, 1.82) is 0 Å². The van der Waals surface area contributed by atoms with Crippen LogP contribution in [0, 0.1) is 5.41 Å². The molecule has 22 nitrogen and oxygen atoms in total. The zero-order chi connectivity index (χ0) is 33.5. The summed E-state index contributed by atoms with van der Waals surface area (Å²) in [6.07, 6.45) is -4.43. The third-order valence-electron chi connectivity index (χ3n) is 8.55. The number of nitrogens with two attached hydrogens (primary N) is 2. The van der Waals surface area contributed by atoms with E-state index >= 15 is 0 Å². The van der Waals surface area contributed by atoms with E-state index in [0.717, 1.165) is 0 Å². The predicted octanol–water partition coefficient (Wildman–Crippen LogP) is -0.634. The summed E-state index contributed by atoms with van der Waals surface area (Å²) < 4.78 is 63.3. The third kappa shape index (κ3) is 5.54. The molecule has 7 rings (SSSR count). The molecule has 10 atom stereocenters. The van der Waals surface area contributed by atoms with Crippen LogP contribution < -0.4 is 17.0 Å². The largest absolute Gasteiger partial charge is 0.472 e. The van der Waals surface area contributed by atoms with Gasteiger partial charge in [-0.1, -0.05) is 6.92 Å². The Morgan fingerprint density at radius 2 is 1.77 bits per heavy atom. The lowest BCUT2D eigenvalue weighted by Gasteiger charge is -2.33. The Bertz CT molecular complexity index is 2010. The van der Waals surface area contributed by atoms with Gasteiger partial charge in [-0.05, 0) is 6.42 Å². The standard InChI is InChI=1S/C23H30N10O12P2/c1-23-3-9(32-7-28-11-17(24)26-6-27-18(11)32)13(34)16(23)45-46(36,37)41-4-10-14(40-2)15(44-47(38,39)42-5-23)21(43-10)33-8-29-12-19(33)30-22(25)31-20(12)35/h6-10,13-16,21,34H,3-5H2,1-2H3,(H,36,37)(H,38,39)(H2,24,26,27)(H3,25,30,31,35)/t9-,10-,13+,14-,15-,16+,21-,23-/m1/s1. The summed E-state index contributed by atoms with van der Waals surface area (Å²) in [5.74, 6) is -0.139. The number of aromatic amines is 1. The van der Waals surface area contributed by atoms with E-state index in [1.54, 1.807) is 0 Å². The van der Waals surface area contributed by atoms with E-state index in [1.165, 1.54) is 42.1 Å². The smallest absolute Gasteiger partial charge is 0.388 e. The van der Waals surface area contributed by atoms with Crippen LogP contribution in [-0.2, 0) is 36.7 Å². The molecule has 0 spiro atoms. The molecule has 254 valence electrons. The van der Waals surface area contributed by atoms with Crippen LogP contribution in [0.2, 0.25) is 0 Å². The molecule has 8 N–H and O–H groups in total. The lowest BCUT2D eigenvalue weighted by atomic mass is 9.87. The van der Waals surface area contributed by atoms with Crippen molar-refractivity contribution in [3.63, 3.8) is 0 Å². The summed E-state index contributed by atoms with van der Waals surface area (Å²) >= 11 is 0. The second kappa shape index (κ2) is 11.3. The summed E-state index contributed by atoms with van der Waals surface area (Å²) in [5.41, 5.74) is 9.97. The fraction of sp³-hybridized carbons (Fsp3) is 0.565. The van der Waals surface area contributed by atoms with E-state index in [1.807, 2.05) is 0 Å². The van der Waals surface area contributed by atoms with Gasteiger partial charge < -0.3 is 40.4 Å². The highest BCUT2D eigenvalue weighted by atomic mass is 31.2. The van der Waals surface area contributed by atoms with Gasteiger partial charge >= 0.3 is 15.6 Å². The first-order valence-electron chi connectivity index (χ1n) is 14.0. The molecule has 2 saturated heterocycles. The number of nitrogens with one attached hydrogen (secondary N) is 1. The van der Waals surface area contributed by atoms with Crippen molar-refractivity contribution in [2.24, 2.45) is 5.41 Å². The summed E-state index contributed by atoms with van der Waals surface area (Å²) in [5, 5.41) is 11.5. The average molecular weight is 700 g/mol. The second-order valence-corrected chi connectivity index (χ2v) is 14.5. The maximum absolute atomic E-state index is 13.6. The molecule has 0 radical (unpaired) electrons. The van der Waals surface area contributed by atoms with Crippen LogP contribution in [0.1, 0.15) is 25.6 Å². The molecule has 4 aromatic rings. The van der Waals surface area contributed by atoms with Gasteiger partial charge in [-0.15, -0.1) is 0 Å². The number of aromatic nitrogens is 8. The van der Waals surface area contributed by atoms with Crippen molar-refractivity contribution in [2.45, 2.75) is 56.1 Å². The molecule has 47 heavy (non-hydrogen) atoms. The van der Waals surface area contributed by atoms with E-state index in [4.69, 9.17) is 39.0 Å². The zero-order valence-electron chi connectivity index (χ0n) is 24.6. The van der Waals surface area contributed by atoms with Gasteiger partial charge in [-0.3, -0.25) is 32.4 Å². The molecule has 4 aromatic heterocycles. The Morgan fingerprint density at radius 1 is 1.04 bits per heavy atom. The molecular weight excluding hydrogens is 670 g/mol. The topological polar surface area (TPSA) is 309 Å². The van der Waals surface area contributed by atoms with E-state index in [9.17, 15) is 28.8 Å². The number of methoxy groups -OCH3 is 1. The lowest BCUT2D eigenvalue weighted by Crippen LogP contribution is -2.39. The van der Waals surface area contributed by atoms with Gasteiger partial charge in [0.15, 0.2) is 28.9 Å². The fourth-order valence-corrected chi connectivity index (χ4v) is 8.50. The number of hydrogen-bond donors (Lipinski definition) is 6. The molecule has 1 saturated carbocycles. The second-order valence-electron chi connectivity index (χ2n) is 11.6. The van der Waals surface area contributed by atoms with E-state index in [0.29, 0.717) is 0 Å². The van der Waals surface area contributed by atoms with Crippen LogP contribution in [0.15, 0.2) is 23.8 Å². The third-order valence-corrected chi connectivity index (χ3v) is 10.5. The average Bonchev–Trinajstić information content (AvgIpc) is 3.75. The highest BCUT2D eigenvalue weighted by Crippen LogP contribution is 2.58. The van der Waals surface area contributed by atoms with Crippen LogP contribution in [-0.4, -0.2) is 105 Å². The van der Waals surface area contributed by atoms with E-state index < -0.39 is 82.6 Å². The minimum atomic E-state index is -5.01. The van der Waals surface area contributed by atoms with Gasteiger partial charge in [-0.25, -0.2) is 29.1 Å². The SMILES string of the molecule is CO[C@H]1[C@H]2OP(=O)(O)OC[C@@]3(C)C[C@@H](n4cnc5c(N)ncnc54)[C@H](O)[C@@H]3OP(=O)(O)OC[C@H]1O[C@H]2n1cnc2c(=O)[nH]c(N)nc21. The number of rotatable bonds is 3. The van der Waals surface area contributed by atoms with E-state index in [2.05, 4.69) is 29.9 Å². The van der Waals surface area contributed by atoms with Crippen LogP contribution in [0.25, 0.3) is 22.3 Å². The number of aliphatic hydroxyl groups is 1. The molecule has 24 heteroatoms. The minimum Gasteiger partial charge on any atom is -0.388 e. The fourth-order valence-electron chi connectivity index (χ4n) is 6.38. The number of fused-ring (bicyclic) bond motifs is 5. The first-order chi connectivity index (χ1) is 22.2. The summed E-state index contributed by atoms with van der Waals surface area (Å²) in [6.45, 7) is 0.279. The number of nitrogens with zero attached hydrogens (tertiary/aromatic N) is 7. The number of phosphoric ester groups is 2. The number of ether oxygens (including phenoxy) is 2. The maximum Gasteiger partial charge on any atom is 0.472 e. The molecule has 2 aliphatic heterocycles. The summed E-state index contributed by atoms with van der Waals surface area (Å²) in [4.78, 5) is 57.1. The van der Waals surface area contributed by atoms with Crippen LogP contribution in [0.4, 0.5) is 11.8 Å². The van der Waals surface area contributed by atoms with Crippen molar-refractivity contribution in [3.05, 3.63) is 29.3 Å². The van der Waals surface area contributed by atoms with Gasteiger partial charge in [0.1, 0.15) is 42.4 Å². The minimum absolute atomic E-state index is 0.0185. The van der Waals surface area contributed by atoms with Crippen molar-refractivity contribution in [2.75, 3.05) is 31.8 Å². The number of hydrogen-bond acceptors (Lipinski definition) is 17. The van der Waals surface area contributed by atoms with Crippen molar-refractivity contribution < 1.29 is 51.6 Å². The molecule has 1 aliphatic carbocycles. The van der Waals surface area contributed by atoms with Crippen molar-refractivity contribution in [1.82, 2.24) is 39.0 Å². The lowest BCUT2D eigenvalue weighted by molar-refractivity contribution is -0.0720. The first kappa shape index (κ1) is 32.2. The molecular formula is C23H30N10O12P2. The van der Waals surface area contributed by atoms with Gasteiger partial charge in [0.05, 0.1) is 31.9 Å². The van der Waals surface area contributed by atoms with Gasteiger partial charge in [0, 0.05) is 12.5 Å². The van der Waals surface area contributed by atoms with Gasteiger partial charge in [-0.2, -0.15) is 4.98 Å². The molecule has 2 bridgehead atoms. The molecule has 3 aliphatic rings. The van der Waals surface area contributed by atoms with Crippen molar-refractivity contribution in [3.8, 4) is 0 Å². The molecule has 0 aromatic carbocycles. The van der Waals surface area contributed by atoms with Gasteiger partial charge in [0.2, 0.25) is 5.95 Å². The summed E-state index contributed by atoms with van der Waals surface area (Å²) in [7, 11) is -8.74. The monoisotopic (exact) mass is 700 g/mol. The number of aliphatic hydroxyl groups excluding tert-OH is 1. The van der Waals surface area contributed by atoms with Crippen LogP contribution in [0.3, 0.4) is 0 Å². The molecule has 6 heterocycles. The Hall–Kier alpha value is -3.40. The number of anilines is 2.